The standard InChI is InChI=1S/C24H27BrFN3O3S/c1-23(2,3)32-22(31)29-12-16-13-33-21(27-20(30)15-7-5-4-6-8-15)28-24(16,14-29)18-11-17(25)9-10-19(18)26/h4-11,16,21,28H,12-14H2,1-3H3,(H,27,30). The monoisotopic (exact) mass is 535 g/mol. The number of hydrogen-bond acceptors (Lipinski definition) is 5. The van der Waals surface area contributed by atoms with Crippen molar-refractivity contribution in [2.75, 3.05) is 18.8 Å². The molecule has 2 aliphatic heterocycles. The Morgan fingerprint density at radius 2 is 1.97 bits per heavy atom. The number of nitrogens with one attached hydrogen (secondary N) is 2. The summed E-state index contributed by atoms with van der Waals surface area (Å²) in [6.45, 7) is 6.13. The molecule has 4 rings (SSSR count). The zero-order valence-electron chi connectivity index (χ0n) is 18.7. The van der Waals surface area contributed by atoms with Gasteiger partial charge in [0.1, 0.15) is 16.9 Å². The molecule has 2 aliphatic rings. The van der Waals surface area contributed by atoms with Gasteiger partial charge in [-0.2, -0.15) is 0 Å². The number of carbonyl (C=O) groups excluding carboxylic acids is 2. The van der Waals surface area contributed by atoms with Crippen LogP contribution < -0.4 is 10.6 Å². The molecule has 0 aliphatic carbocycles. The predicted molar refractivity (Wildman–Crippen MR) is 130 cm³/mol. The number of carbonyl (C=O) groups is 2. The molecular formula is C24H27BrFN3O3S. The molecule has 9 heteroatoms. The van der Waals surface area contributed by atoms with Crippen LogP contribution in [0.1, 0.15) is 36.7 Å². The Kier molecular flexibility index (Phi) is 6.75. The van der Waals surface area contributed by atoms with Crippen molar-refractivity contribution in [2.45, 2.75) is 37.4 Å². The van der Waals surface area contributed by atoms with Gasteiger partial charge in [-0.05, 0) is 51.1 Å². The van der Waals surface area contributed by atoms with Crippen LogP contribution in [0.4, 0.5) is 9.18 Å². The molecule has 6 nitrogen and oxygen atoms in total. The minimum atomic E-state index is -0.870. The van der Waals surface area contributed by atoms with Crippen LogP contribution in [0.25, 0.3) is 0 Å². The van der Waals surface area contributed by atoms with Gasteiger partial charge >= 0.3 is 6.09 Å². The Labute approximate surface area is 205 Å². The SMILES string of the molecule is CC(C)(C)OC(=O)N1CC2CSC(NC(=O)c3ccccc3)NC2(c2cc(Br)ccc2F)C1. The predicted octanol–water partition coefficient (Wildman–Crippen LogP) is 4.70. The zero-order valence-corrected chi connectivity index (χ0v) is 21.1. The second-order valence-corrected chi connectivity index (χ2v) is 11.4. The number of nitrogens with zero attached hydrogens (tertiary/aromatic N) is 1. The van der Waals surface area contributed by atoms with Crippen molar-refractivity contribution in [3.63, 3.8) is 0 Å². The van der Waals surface area contributed by atoms with E-state index in [0.717, 1.165) is 4.47 Å². The van der Waals surface area contributed by atoms with E-state index in [2.05, 4.69) is 26.6 Å². The van der Waals surface area contributed by atoms with Crippen LogP contribution in [0.2, 0.25) is 0 Å². The molecule has 0 radical (unpaired) electrons. The van der Waals surface area contributed by atoms with Crippen LogP contribution >= 0.6 is 27.7 Å². The van der Waals surface area contributed by atoms with E-state index in [4.69, 9.17) is 4.74 Å². The van der Waals surface area contributed by atoms with Gasteiger partial charge in [0, 0.05) is 40.4 Å². The number of fused-ring (bicyclic) bond motifs is 1. The second-order valence-electron chi connectivity index (χ2n) is 9.35. The first-order valence-corrected chi connectivity index (χ1v) is 12.6. The van der Waals surface area contributed by atoms with E-state index in [-0.39, 0.29) is 24.2 Å². The van der Waals surface area contributed by atoms with Crippen molar-refractivity contribution in [3.05, 3.63) is 69.9 Å². The van der Waals surface area contributed by atoms with Gasteiger partial charge in [-0.25, -0.2) is 9.18 Å². The molecule has 2 aromatic carbocycles. The van der Waals surface area contributed by atoms with Crippen LogP contribution in [0.5, 0.6) is 0 Å². The largest absolute Gasteiger partial charge is 0.444 e. The zero-order chi connectivity index (χ0) is 23.8. The van der Waals surface area contributed by atoms with E-state index in [1.165, 1.54) is 17.8 Å². The van der Waals surface area contributed by atoms with Gasteiger partial charge in [0.15, 0.2) is 0 Å². The van der Waals surface area contributed by atoms with Crippen molar-refractivity contribution in [1.82, 2.24) is 15.5 Å². The smallest absolute Gasteiger partial charge is 0.410 e. The molecule has 2 amide bonds. The highest BCUT2D eigenvalue weighted by atomic mass is 79.9. The molecule has 2 N–H and O–H groups in total. The van der Waals surface area contributed by atoms with Crippen molar-refractivity contribution in [2.24, 2.45) is 5.92 Å². The average Bonchev–Trinajstić information content (AvgIpc) is 3.15. The van der Waals surface area contributed by atoms with Crippen LogP contribution in [0.3, 0.4) is 0 Å². The fraction of sp³-hybridized carbons (Fsp3) is 0.417. The molecule has 3 unspecified atom stereocenters. The van der Waals surface area contributed by atoms with Gasteiger partial charge in [0.05, 0.1) is 5.54 Å². The molecule has 0 bridgehead atoms. The van der Waals surface area contributed by atoms with Crippen LogP contribution in [0, 0.1) is 11.7 Å². The highest BCUT2D eigenvalue weighted by Crippen LogP contribution is 2.45. The van der Waals surface area contributed by atoms with Crippen molar-refractivity contribution < 1.29 is 18.7 Å². The summed E-state index contributed by atoms with van der Waals surface area (Å²) >= 11 is 4.99. The lowest BCUT2D eigenvalue weighted by molar-refractivity contribution is 0.0277. The molecule has 2 saturated heterocycles. The summed E-state index contributed by atoms with van der Waals surface area (Å²) in [7, 11) is 0. The lowest BCUT2D eigenvalue weighted by Gasteiger charge is -2.43. The summed E-state index contributed by atoms with van der Waals surface area (Å²) in [5.74, 6) is -0.00535. The second kappa shape index (κ2) is 9.27. The first kappa shape index (κ1) is 24.0. The van der Waals surface area contributed by atoms with Crippen molar-refractivity contribution in [3.8, 4) is 0 Å². The average molecular weight is 536 g/mol. The van der Waals surface area contributed by atoms with E-state index in [1.54, 1.807) is 41.3 Å². The Balaban J connectivity index is 1.63. The van der Waals surface area contributed by atoms with Crippen LogP contribution in [0.15, 0.2) is 53.0 Å². The fourth-order valence-electron chi connectivity index (χ4n) is 4.32. The minimum Gasteiger partial charge on any atom is -0.444 e. The third-order valence-electron chi connectivity index (χ3n) is 5.79. The Hall–Kier alpha value is -2.10. The lowest BCUT2D eigenvalue weighted by Crippen LogP contribution is -2.61. The van der Waals surface area contributed by atoms with E-state index >= 15 is 4.39 Å². The quantitative estimate of drug-likeness (QED) is 0.596. The topological polar surface area (TPSA) is 70.7 Å². The summed E-state index contributed by atoms with van der Waals surface area (Å²) in [6.07, 6.45) is -0.427. The number of hydrogen-bond donors (Lipinski definition) is 2. The number of rotatable bonds is 3. The molecule has 0 aromatic heterocycles. The summed E-state index contributed by atoms with van der Waals surface area (Å²) in [5, 5.41) is 6.49. The van der Waals surface area contributed by atoms with Gasteiger partial charge in [-0.3, -0.25) is 10.1 Å². The maximum absolute atomic E-state index is 15.2. The Bertz CT molecular complexity index is 1050. The third kappa shape index (κ3) is 5.20. The van der Waals surface area contributed by atoms with E-state index in [9.17, 15) is 9.59 Å². The van der Waals surface area contributed by atoms with Crippen LogP contribution in [-0.2, 0) is 10.3 Å². The summed E-state index contributed by atoms with van der Waals surface area (Å²) in [6, 6.07) is 13.8. The number of ether oxygens (including phenoxy) is 1. The first-order valence-electron chi connectivity index (χ1n) is 10.8. The van der Waals surface area contributed by atoms with Gasteiger partial charge in [-0.1, -0.05) is 34.1 Å². The molecule has 176 valence electrons. The molecule has 0 spiro atoms. The maximum atomic E-state index is 15.2. The van der Waals surface area contributed by atoms with E-state index in [1.807, 2.05) is 26.8 Å². The number of halogens is 2. The number of thioether (sulfide) groups is 1. The highest BCUT2D eigenvalue weighted by Gasteiger charge is 2.54. The molecule has 3 atom stereocenters. The number of likely N-dealkylation sites (tertiary alicyclic amines) is 1. The van der Waals surface area contributed by atoms with Gasteiger partial charge in [-0.15, -0.1) is 11.8 Å². The lowest BCUT2D eigenvalue weighted by atomic mass is 9.81. The minimum absolute atomic E-state index is 0.0660. The van der Waals surface area contributed by atoms with Gasteiger partial charge in [0.2, 0.25) is 0 Å². The Morgan fingerprint density at radius 3 is 2.67 bits per heavy atom. The fourth-order valence-corrected chi connectivity index (χ4v) is 5.98. The molecule has 2 heterocycles. The van der Waals surface area contributed by atoms with Crippen molar-refractivity contribution >= 4 is 39.7 Å². The van der Waals surface area contributed by atoms with Crippen molar-refractivity contribution in [1.29, 1.82) is 0 Å². The molecule has 0 saturated carbocycles. The highest BCUT2D eigenvalue weighted by molar-refractivity contribution is 9.10. The first-order chi connectivity index (χ1) is 15.6. The van der Waals surface area contributed by atoms with E-state index < -0.39 is 22.7 Å². The molecule has 2 fully saturated rings. The number of benzene rings is 2. The normalized spacial score (nSPS) is 24.8. The van der Waals surface area contributed by atoms with E-state index in [0.29, 0.717) is 23.4 Å². The Morgan fingerprint density at radius 1 is 1.24 bits per heavy atom. The van der Waals surface area contributed by atoms with Gasteiger partial charge in [0.25, 0.3) is 5.91 Å². The number of amides is 2. The maximum Gasteiger partial charge on any atom is 0.410 e. The summed E-state index contributed by atoms with van der Waals surface area (Å²) in [5.41, 5.74) is -0.942. The van der Waals surface area contributed by atoms with Gasteiger partial charge < -0.3 is 15.0 Å². The molecule has 2 aromatic rings. The summed E-state index contributed by atoms with van der Waals surface area (Å²) in [4.78, 5) is 27.3. The molecular weight excluding hydrogens is 509 g/mol. The molecule has 33 heavy (non-hydrogen) atoms. The third-order valence-corrected chi connectivity index (χ3v) is 7.45. The van der Waals surface area contributed by atoms with Crippen LogP contribution in [-0.4, -0.2) is 46.8 Å². The summed E-state index contributed by atoms with van der Waals surface area (Å²) < 4.78 is 21.5.